The van der Waals surface area contributed by atoms with Gasteiger partial charge in [-0.2, -0.15) is 0 Å². The average Bonchev–Trinajstić information content (AvgIpc) is 2.03. The van der Waals surface area contributed by atoms with Crippen LogP contribution in [-0.2, 0) is 4.79 Å². The number of nitrogens with zero attached hydrogens (tertiary/aromatic N) is 1. The highest BCUT2D eigenvalue weighted by atomic mass is 16.4. The van der Waals surface area contributed by atoms with Gasteiger partial charge in [0, 0.05) is 13.1 Å². The quantitative estimate of drug-likeness (QED) is 0.499. The van der Waals surface area contributed by atoms with Gasteiger partial charge in [-0.05, 0) is 13.0 Å². The largest absolute Gasteiger partial charge is 0.481 e. The zero-order chi connectivity index (χ0) is 11.0. The van der Waals surface area contributed by atoms with Crippen molar-refractivity contribution in [3.63, 3.8) is 0 Å². The average molecular weight is 205 g/mol. The monoisotopic (exact) mass is 205 g/mol. The highest BCUT2D eigenvalue weighted by molar-refractivity contribution is 5.67. The predicted octanol–water partition coefficient (Wildman–Crippen LogP) is -0.474. The Morgan fingerprint density at radius 1 is 1.43 bits per heavy atom. The van der Waals surface area contributed by atoms with Crippen molar-refractivity contribution >= 4 is 5.97 Å². The summed E-state index contributed by atoms with van der Waals surface area (Å²) in [6.45, 7) is 3.57. The number of rotatable bonds is 8. The third kappa shape index (κ3) is 6.82. The van der Waals surface area contributed by atoms with E-state index in [-0.39, 0.29) is 13.0 Å². The van der Waals surface area contributed by atoms with Crippen LogP contribution in [0.15, 0.2) is 0 Å². The number of aliphatic hydroxyl groups excluding tert-OH is 2. The molecular formula is C9H19NO4. The van der Waals surface area contributed by atoms with Crippen molar-refractivity contribution in [1.82, 2.24) is 4.90 Å². The highest BCUT2D eigenvalue weighted by Gasteiger charge is 2.13. The van der Waals surface area contributed by atoms with E-state index in [1.807, 2.05) is 11.8 Å². The van der Waals surface area contributed by atoms with Gasteiger partial charge in [0.05, 0.1) is 19.1 Å². The number of aliphatic hydroxyl groups is 2. The van der Waals surface area contributed by atoms with E-state index < -0.39 is 12.1 Å². The molecule has 0 aliphatic rings. The smallest absolute Gasteiger partial charge is 0.306 e. The molecule has 3 N–H and O–H groups in total. The summed E-state index contributed by atoms with van der Waals surface area (Å²) in [5, 5.41) is 26.5. The number of hydrogen-bond donors (Lipinski definition) is 3. The topological polar surface area (TPSA) is 81.0 Å². The Bertz CT molecular complexity index is 157. The molecule has 0 fully saturated rings. The molecule has 0 saturated carbocycles. The molecule has 5 nitrogen and oxygen atoms in total. The van der Waals surface area contributed by atoms with Gasteiger partial charge in [-0.15, -0.1) is 0 Å². The molecule has 1 atom stereocenters. The van der Waals surface area contributed by atoms with E-state index in [1.165, 1.54) is 0 Å². The maximum atomic E-state index is 10.3. The van der Waals surface area contributed by atoms with Crippen LogP contribution in [0.2, 0.25) is 0 Å². The first kappa shape index (κ1) is 13.4. The minimum atomic E-state index is -1.00. The molecule has 0 saturated heterocycles. The summed E-state index contributed by atoms with van der Waals surface area (Å²) in [4.78, 5) is 12.1. The molecular weight excluding hydrogens is 186 g/mol. The standard InChI is InChI=1S/C9H19NO4/c1-2-3-10(4-5-11)7-8(12)6-9(13)14/h8,11-12H,2-7H2,1H3,(H,13,14). The molecule has 84 valence electrons. The number of hydrogen-bond acceptors (Lipinski definition) is 4. The van der Waals surface area contributed by atoms with E-state index in [1.54, 1.807) is 0 Å². The molecule has 0 amide bonds. The molecule has 0 aliphatic heterocycles. The van der Waals surface area contributed by atoms with E-state index >= 15 is 0 Å². The van der Waals surface area contributed by atoms with Gasteiger partial charge in [-0.1, -0.05) is 6.92 Å². The van der Waals surface area contributed by atoms with Gasteiger partial charge in [0.2, 0.25) is 0 Å². The van der Waals surface area contributed by atoms with Gasteiger partial charge in [0.15, 0.2) is 0 Å². The zero-order valence-corrected chi connectivity index (χ0v) is 8.52. The molecule has 0 aliphatic carbocycles. The summed E-state index contributed by atoms with van der Waals surface area (Å²) in [5.41, 5.74) is 0. The van der Waals surface area contributed by atoms with Crippen molar-refractivity contribution in [2.24, 2.45) is 0 Å². The minimum Gasteiger partial charge on any atom is -0.481 e. The highest BCUT2D eigenvalue weighted by Crippen LogP contribution is 1.98. The third-order valence-corrected chi connectivity index (χ3v) is 1.84. The lowest BCUT2D eigenvalue weighted by molar-refractivity contribution is -0.139. The number of aliphatic carboxylic acids is 1. The van der Waals surface area contributed by atoms with Crippen molar-refractivity contribution in [1.29, 1.82) is 0 Å². The molecule has 14 heavy (non-hydrogen) atoms. The van der Waals surface area contributed by atoms with Crippen molar-refractivity contribution in [3.8, 4) is 0 Å². The Morgan fingerprint density at radius 2 is 2.07 bits per heavy atom. The lowest BCUT2D eigenvalue weighted by atomic mass is 10.2. The van der Waals surface area contributed by atoms with Gasteiger partial charge in [-0.25, -0.2) is 0 Å². The first-order chi connectivity index (χ1) is 6.60. The second-order valence-electron chi connectivity index (χ2n) is 3.28. The van der Waals surface area contributed by atoms with Crippen LogP contribution in [0.1, 0.15) is 19.8 Å². The van der Waals surface area contributed by atoms with E-state index in [2.05, 4.69) is 0 Å². The minimum absolute atomic E-state index is 0.0276. The van der Waals surface area contributed by atoms with E-state index in [0.717, 1.165) is 13.0 Å². The Kier molecular flexibility index (Phi) is 7.37. The molecule has 5 heteroatoms. The predicted molar refractivity (Wildman–Crippen MR) is 52.1 cm³/mol. The molecule has 0 aromatic carbocycles. The van der Waals surface area contributed by atoms with Crippen molar-refractivity contribution in [3.05, 3.63) is 0 Å². The van der Waals surface area contributed by atoms with Crippen LogP contribution in [-0.4, -0.2) is 58.5 Å². The second-order valence-corrected chi connectivity index (χ2v) is 3.28. The van der Waals surface area contributed by atoms with Crippen molar-refractivity contribution < 1.29 is 20.1 Å². The first-order valence-electron chi connectivity index (χ1n) is 4.83. The molecule has 0 rings (SSSR count). The summed E-state index contributed by atoms with van der Waals surface area (Å²) < 4.78 is 0. The molecule has 1 unspecified atom stereocenters. The maximum Gasteiger partial charge on any atom is 0.306 e. The van der Waals surface area contributed by atoms with Crippen LogP contribution in [0, 0.1) is 0 Å². The van der Waals surface area contributed by atoms with Crippen molar-refractivity contribution in [2.75, 3.05) is 26.2 Å². The zero-order valence-electron chi connectivity index (χ0n) is 8.52. The van der Waals surface area contributed by atoms with E-state index in [4.69, 9.17) is 10.2 Å². The van der Waals surface area contributed by atoms with Gasteiger partial charge < -0.3 is 15.3 Å². The number of carbonyl (C=O) groups is 1. The van der Waals surface area contributed by atoms with Gasteiger partial charge in [0.25, 0.3) is 0 Å². The summed E-state index contributed by atoms with van der Waals surface area (Å²) in [6.07, 6.45) is -0.184. The van der Waals surface area contributed by atoms with Crippen LogP contribution in [0.4, 0.5) is 0 Å². The Morgan fingerprint density at radius 3 is 2.50 bits per heavy atom. The molecule has 0 radical (unpaired) electrons. The second kappa shape index (κ2) is 7.73. The lowest BCUT2D eigenvalue weighted by Crippen LogP contribution is -2.36. The Labute approximate surface area is 84.0 Å². The lowest BCUT2D eigenvalue weighted by Gasteiger charge is -2.22. The molecule has 0 bridgehead atoms. The van der Waals surface area contributed by atoms with Crippen LogP contribution < -0.4 is 0 Å². The molecule has 0 aromatic heterocycles. The van der Waals surface area contributed by atoms with Gasteiger partial charge >= 0.3 is 5.97 Å². The molecule has 0 aromatic rings. The SMILES string of the molecule is CCCN(CCO)CC(O)CC(=O)O. The van der Waals surface area contributed by atoms with Crippen LogP contribution in [0.25, 0.3) is 0 Å². The summed E-state index contributed by atoms with van der Waals surface area (Å²) in [5.74, 6) is -1.00. The van der Waals surface area contributed by atoms with Crippen molar-refractivity contribution in [2.45, 2.75) is 25.9 Å². The molecule has 0 heterocycles. The van der Waals surface area contributed by atoms with Crippen LogP contribution >= 0.6 is 0 Å². The summed E-state index contributed by atoms with van der Waals surface area (Å²) in [6, 6.07) is 0. The Hall–Kier alpha value is -0.650. The van der Waals surface area contributed by atoms with Gasteiger partial charge in [0.1, 0.15) is 0 Å². The normalized spacial score (nSPS) is 13.1. The van der Waals surface area contributed by atoms with Gasteiger partial charge in [-0.3, -0.25) is 9.69 Å². The number of carboxylic acid groups (broad SMARTS) is 1. The summed E-state index contributed by atoms with van der Waals surface area (Å²) in [7, 11) is 0. The Balaban J connectivity index is 3.81. The first-order valence-corrected chi connectivity index (χ1v) is 4.83. The fourth-order valence-corrected chi connectivity index (χ4v) is 1.32. The van der Waals surface area contributed by atoms with E-state index in [9.17, 15) is 9.90 Å². The number of carboxylic acids is 1. The van der Waals surface area contributed by atoms with Crippen LogP contribution in [0.3, 0.4) is 0 Å². The molecule has 0 spiro atoms. The van der Waals surface area contributed by atoms with Crippen LogP contribution in [0.5, 0.6) is 0 Å². The fraction of sp³-hybridized carbons (Fsp3) is 0.889. The summed E-state index contributed by atoms with van der Waals surface area (Å²) >= 11 is 0. The fourth-order valence-electron chi connectivity index (χ4n) is 1.32. The maximum absolute atomic E-state index is 10.3. The van der Waals surface area contributed by atoms with E-state index in [0.29, 0.717) is 13.1 Å². The third-order valence-electron chi connectivity index (χ3n) is 1.84.